The van der Waals surface area contributed by atoms with Crippen molar-refractivity contribution in [2.45, 2.75) is 40.2 Å². The van der Waals surface area contributed by atoms with Gasteiger partial charge in [0.2, 0.25) is 0 Å². The highest BCUT2D eigenvalue weighted by Crippen LogP contribution is 2.38. The molecule has 0 aliphatic heterocycles. The summed E-state index contributed by atoms with van der Waals surface area (Å²) in [5.41, 5.74) is 0. The van der Waals surface area contributed by atoms with E-state index < -0.39 is 0 Å². The average Bonchev–Trinajstić information content (AvgIpc) is 2.54. The third-order valence-electron chi connectivity index (χ3n) is 2.81. The lowest BCUT2D eigenvalue weighted by molar-refractivity contribution is 0.336. The molecular weight excluding hydrogens is 362 g/mol. The Hall–Kier alpha value is 0.620. The van der Waals surface area contributed by atoms with Gasteiger partial charge in [0, 0.05) is 15.4 Å². The van der Waals surface area contributed by atoms with Gasteiger partial charge in [0.1, 0.15) is 0 Å². The van der Waals surface area contributed by atoms with Gasteiger partial charge in [0.15, 0.2) is 0 Å². The molecule has 1 N–H and O–H groups in total. The maximum atomic E-state index is 3.61. The van der Waals surface area contributed by atoms with Gasteiger partial charge in [-0.15, -0.1) is 11.3 Å². The zero-order chi connectivity index (χ0) is 13.0. The summed E-state index contributed by atoms with van der Waals surface area (Å²) in [5.74, 6) is 1.41. The lowest BCUT2D eigenvalue weighted by atomic mass is 9.91. The predicted molar refractivity (Wildman–Crippen MR) is 84.8 cm³/mol. The average molecular weight is 383 g/mol. The summed E-state index contributed by atoms with van der Waals surface area (Å²) in [7, 11) is 0. The molecule has 2 atom stereocenters. The maximum absolute atomic E-state index is 3.61. The summed E-state index contributed by atoms with van der Waals surface area (Å²) in [6.07, 6.45) is 1.25. The van der Waals surface area contributed by atoms with Gasteiger partial charge in [-0.25, -0.2) is 0 Å². The lowest BCUT2D eigenvalue weighted by Crippen LogP contribution is -2.26. The van der Waals surface area contributed by atoms with E-state index in [1.165, 1.54) is 15.1 Å². The quantitative estimate of drug-likeness (QED) is 0.674. The molecule has 0 fully saturated rings. The monoisotopic (exact) mass is 381 g/mol. The van der Waals surface area contributed by atoms with Gasteiger partial charge in [-0.3, -0.25) is 0 Å². The van der Waals surface area contributed by atoms with Crippen molar-refractivity contribution in [3.05, 3.63) is 19.2 Å². The van der Waals surface area contributed by atoms with Crippen molar-refractivity contribution in [2.75, 3.05) is 6.54 Å². The van der Waals surface area contributed by atoms with Gasteiger partial charge in [0.25, 0.3) is 0 Å². The van der Waals surface area contributed by atoms with Crippen molar-refractivity contribution in [1.82, 2.24) is 5.32 Å². The first kappa shape index (κ1) is 15.7. The van der Waals surface area contributed by atoms with E-state index in [1.807, 2.05) is 11.3 Å². The van der Waals surface area contributed by atoms with Crippen molar-refractivity contribution in [3.8, 4) is 0 Å². The highest BCUT2D eigenvalue weighted by atomic mass is 79.9. The lowest BCUT2D eigenvalue weighted by Gasteiger charge is -2.25. The molecule has 1 aromatic heterocycles. The van der Waals surface area contributed by atoms with E-state index in [2.05, 4.69) is 70.9 Å². The van der Waals surface area contributed by atoms with Gasteiger partial charge in [-0.05, 0) is 62.7 Å². The second-order valence-corrected chi connectivity index (χ2v) is 8.17. The highest BCUT2D eigenvalue weighted by molar-refractivity contribution is 9.13. The van der Waals surface area contributed by atoms with E-state index in [0.717, 1.165) is 16.9 Å². The molecule has 2 unspecified atom stereocenters. The molecule has 4 heteroatoms. The van der Waals surface area contributed by atoms with Crippen LogP contribution in [0, 0.1) is 11.8 Å². The number of rotatable bonds is 6. The minimum atomic E-state index is 0.468. The largest absolute Gasteiger partial charge is 0.309 e. The Balaban J connectivity index is 2.84. The SMILES string of the molecule is CCNC(c1cc(Br)c(Br)s1)C(C)CC(C)C. The van der Waals surface area contributed by atoms with Gasteiger partial charge in [0.05, 0.1) is 3.79 Å². The predicted octanol–water partition coefficient (Wildman–Crippen LogP) is 5.61. The van der Waals surface area contributed by atoms with Crippen LogP contribution in [0.4, 0.5) is 0 Å². The van der Waals surface area contributed by atoms with Gasteiger partial charge in [-0.1, -0.05) is 27.7 Å². The van der Waals surface area contributed by atoms with Crippen LogP contribution in [0.25, 0.3) is 0 Å². The van der Waals surface area contributed by atoms with Crippen molar-refractivity contribution in [2.24, 2.45) is 11.8 Å². The van der Waals surface area contributed by atoms with Crippen LogP contribution in [-0.2, 0) is 0 Å². The fraction of sp³-hybridized carbons (Fsp3) is 0.692. The molecule has 0 saturated heterocycles. The molecule has 0 amide bonds. The van der Waals surface area contributed by atoms with Crippen molar-refractivity contribution in [3.63, 3.8) is 0 Å². The Kier molecular flexibility index (Phi) is 6.70. The number of nitrogens with one attached hydrogen (secondary N) is 1. The van der Waals surface area contributed by atoms with Crippen LogP contribution in [0.1, 0.15) is 45.0 Å². The number of halogens is 2. The van der Waals surface area contributed by atoms with Crippen LogP contribution in [0.3, 0.4) is 0 Å². The molecule has 0 aliphatic carbocycles. The summed E-state index contributed by atoms with van der Waals surface area (Å²) in [4.78, 5) is 1.42. The molecule has 1 heterocycles. The molecule has 1 aromatic rings. The van der Waals surface area contributed by atoms with E-state index in [4.69, 9.17) is 0 Å². The van der Waals surface area contributed by atoms with E-state index in [-0.39, 0.29) is 0 Å². The Morgan fingerprint density at radius 3 is 2.35 bits per heavy atom. The van der Waals surface area contributed by atoms with Crippen molar-refractivity contribution >= 4 is 43.2 Å². The van der Waals surface area contributed by atoms with E-state index >= 15 is 0 Å². The van der Waals surface area contributed by atoms with E-state index in [0.29, 0.717) is 12.0 Å². The molecular formula is C13H21Br2NS. The first-order valence-electron chi connectivity index (χ1n) is 6.13. The molecule has 0 aromatic carbocycles. The molecule has 0 bridgehead atoms. The fourth-order valence-corrected chi connectivity index (χ4v) is 4.50. The maximum Gasteiger partial charge on any atom is 0.0843 e. The molecule has 0 spiro atoms. The zero-order valence-electron chi connectivity index (χ0n) is 10.9. The molecule has 0 saturated carbocycles. The minimum Gasteiger partial charge on any atom is -0.309 e. The zero-order valence-corrected chi connectivity index (χ0v) is 14.9. The standard InChI is InChI=1S/C13H21Br2NS/c1-5-16-12(9(4)6-8(2)3)11-7-10(14)13(15)17-11/h7-9,12,16H,5-6H2,1-4H3. The third kappa shape index (κ3) is 4.66. The summed E-state index contributed by atoms with van der Waals surface area (Å²) in [5, 5.41) is 3.61. The topological polar surface area (TPSA) is 12.0 Å². The number of hydrogen-bond donors (Lipinski definition) is 1. The molecule has 98 valence electrons. The molecule has 17 heavy (non-hydrogen) atoms. The summed E-state index contributed by atoms with van der Waals surface area (Å²) < 4.78 is 2.35. The molecule has 0 radical (unpaired) electrons. The van der Waals surface area contributed by atoms with Crippen molar-refractivity contribution < 1.29 is 0 Å². The summed E-state index contributed by atoms with van der Waals surface area (Å²) in [6, 6.07) is 2.70. The van der Waals surface area contributed by atoms with E-state index in [9.17, 15) is 0 Å². The number of hydrogen-bond acceptors (Lipinski definition) is 2. The normalized spacial score (nSPS) is 15.2. The van der Waals surface area contributed by atoms with Crippen LogP contribution in [0.5, 0.6) is 0 Å². The van der Waals surface area contributed by atoms with Gasteiger partial charge in [-0.2, -0.15) is 0 Å². The van der Waals surface area contributed by atoms with Crippen LogP contribution in [0.2, 0.25) is 0 Å². The van der Waals surface area contributed by atoms with E-state index in [1.54, 1.807) is 0 Å². The summed E-state index contributed by atoms with van der Waals surface area (Å²) >= 11 is 8.98. The summed E-state index contributed by atoms with van der Waals surface area (Å²) in [6.45, 7) is 10.1. The van der Waals surface area contributed by atoms with Crippen LogP contribution in [-0.4, -0.2) is 6.54 Å². The second-order valence-electron chi connectivity index (χ2n) is 4.91. The Morgan fingerprint density at radius 2 is 1.94 bits per heavy atom. The van der Waals surface area contributed by atoms with Gasteiger partial charge >= 0.3 is 0 Å². The molecule has 1 rings (SSSR count). The highest BCUT2D eigenvalue weighted by Gasteiger charge is 2.21. The first-order chi connectivity index (χ1) is 7.95. The fourth-order valence-electron chi connectivity index (χ4n) is 2.20. The Bertz CT molecular complexity index is 330. The van der Waals surface area contributed by atoms with Crippen LogP contribution >= 0.6 is 43.2 Å². The number of thiophene rings is 1. The Morgan fingerprint density at radius 1 is 1.29 bits per heavy atom. The van der Waals surface area contributed by atoms with Crippen LogP contribution in [0.15, 0.2) is 14.3 Å². The third-order valence-corrected chi connectivity index (χ3v) is 6.15. The second kappa shape index (κ2) is 7.27. The van der Waals surface area contributed by atoms with Gasteiger partial charge < -0.3 is 5.32 Å². The van der Waals surface area contributed by atoms with Crippen LogP contribution < -0.4 is 5.32 Å². The molecule has 0 aliphatic rings. The first-order valence-corrected chi connectivity index (χ1v) is 8.54. The minimum absolute atomic E-state index is 0.468. The smallest absolute Gasteiger partial charge is 0.0843 e. The van der Waals surface area contributed by atoms with Crippen molar-refractivity contribution in [1.29, 1.82) is 0 Å². The molecule has 1 nitrogen and oxygen atoms in total. The Labute approximate surface area is 126 Å².